The molecule has 0 N–H and O–H groups in total. The Hall–Kier alpha value is -0.710. The van der Waals surface area contributed by atoms with E-state index in [0.717, 1.165) is 10.8 Å². The van der Waals surface area contributed by atoms with E-state index < -0.39 is 5.97 Å². The molecule has 0 aliphatic carbocycles. The SMILES string of the molecule is CC(=O)ON(C)C(=O)CCSC(C)C. The van der Waals surface area contributed by atoms with E-state index in [4.69, 9.17) is 0 Å². The van der Waals surface area contributed by atoms with Gasteiger partial charge >= 0.3 is 5.97 Å². The summed E-state index contributed by atoms with van der Waals surface area (Å²) < 4.78 is 0. The quantitative estimate of drug-likeness (QED) is 0.671. The lowest BCUT2D eigenvalue weighted by atomic mass is 10.4. The molecule has 0 bridgehead atoms. The molecule has 0 aromatic carbocycles. The van der Waals surface area contributed by atoms with Gasteiger partial charge in [0.25, 0.3) is 5.91 Å². The van der Waals surface area contributed by atoms with E-state index in [2.05, 4.69) is 18.7 Å². The number of thioether (sulfide) groups is 1. The molecule has 0 heterocycles. The Morgan fingerprint density at radius 2 is 2.00 bits per heavy atom. The van der Waals surface area contributed by atoms with E-state index in [9.17, 15) is 9.59 Å². The second-order valence-corrected chi connectivity index (χ2v) is 4.83. The van der Waals surface area contributed by atoms with Crippen LogP contribution in [0.15, 0.2) is 0 Å². The maximum atomic E-state index is 11.3. The molecule has 4 nitrogen and oxygen atoms in total. The maximum absolute atomic E-state index is 11.3. The fraction of sp³-hybridized carbons (Fsp3) is 0.778. The van der Waals surface area contributed by atoms with Gasteiger partial charge in [0.1, 0.15) is 0 Å². The number of carbonyl (C=O) groups excluding carboxylic acids is 2. The smallest absolute Gasteiger partial charge is 0.329 e. The summed E-state index contributed by atoms with van der Waals surface area (Å²) in [6.45, 7) is 5.42. The Balaban J connectivity index is 3.67. The van der Waals surface area contributed by atoms with Crippen molar-refractivity contribution in [2.75, 3.05) is 12.8 Å². The van der Waals surface area contributed by atoms with Crippen LogP contribution in [0, 0.1) is 0 Å². The third-order valence-electron chi connectivity index (χ3n) is 1.38. The summed E-state index contributed by atoms with van der Waals surface area (Å²) >= 11 is 1.71. The van der Waals surface area contributed by atoms with Crippen molar-refractivity contribution in [2.45, 2.75) is 32.4 Å². The highest BCUT2D eigenvalue weighted by Crippen LogP contribution is 2.10. The van der Waals surface area contributed by atoms with Crippen LogP contribution >= 0.6 is 11.8 Å². The summed E-state index contributed by atoms with van der Waals surface area (Å²) in [6.07, 6.45) is 0.395. The van der Waals surface area contributed by atoms with E-state index in [-0.39, 0.29) is 5.91 Å². The van der Waals surface area contributed by atoms with Crippen molar-refractivity contribution < 1.29 is 14.4 Å². The molecule has 0 unspecified atom stereocenters. The number of hydrogen-bond acceptors (Lipinski definition) is 4. The normalized spacial score (nSPS) is 10.1. The van der Waals surface area contributed by atoms with Crippen LogP contribution in [0.1, 0.15) is 27.2 Å². The fourth-order valence-corrected chi connectivity index (χ4v) is 1.55. The third kappa shape index (κ3) is 6.77. The van der Waals surface area contributed by atoms with E-state index >= 15 is 0 Å². The first-order valence-corrected chi connectivity index (χ1v) is 5.55. The Kier molecular flexibility index (Phi) is 6.36. The first kappa shape index (κ1) is 13.3. The van der Waals surface area contributed by atoms with Crippen LogP contribution in [0.4, 0.5) is 0 Å². The molecular weight excluding hydrogens is 202 g/mol. The van der Waals surface area contributed by atoms with Gasteiger partial charge in [-0.25, -0.2) is 0 Å². The standard InChI is InChI=1S/C9H17NO3S/c1-7(2)14-6-5-9(12)10(4)13-8(3)11/h7H,5-6H2,1-4H3. The highest BCUT2D eigenvalue weighted by Gasteiger charge is 2.11. The molecule has 82 valence electrons. The number of carbonyl (C=O) groups is 2. The van der Waals surface area contributed by atoms with E-state index in [1.165, 1.54) is 14.0 Å². The van der Waals surface area contributed by atoms with E-state index in [1.54, 1.807) is 11.8 Å². The molecule has 1 amide bonds. The molecule has 0 radical (unpaired) electrons. The largest absolute Gasteiger partial charge is 0.339 e. The zero-order chi connectivity index (χ0) is 11.1. The van der Waals surface area contributed by atoms with Crippen molar-refractivity contribution in [3.05, 3.63) is 0 Å². The van der Waals surface area contributed by atoms with Gasteiger partial charge < -0.3 is 4.84 Å². The summed E-state index contributed by atoms with van der Waals surface area (Å²) in [5.74, 6) is 0.105. The minimum absolute atomic E-state index is 0.173. The highest BCUT2D eigenvalue weighted by atomic mass is 32.2. The molecule has 0 spiro atoms. The predicted molar refractivity (Wildman–Crippen MR) is 56.7 cm³/mol. The van der Waals surface area contributed by atoms with Crippen LogP contribution < -0.4 is 0 Å². The second-order valence-electron chi connectivity index (χ2n) is 3.14. The molecule has 0 aromatic heterocycles. The number of rotatable bonds is 4. The summed E-state index contributed by atoms with van der Waals surface area (Å²) in [4.78, 5) is 26.4. The van der Waals surface area contributed by atoms with Gasteiger partial charge in [0.15, 0.2) is 0 Å². The van der Waals surface area contributed by atoms with Crippen molar-refractivity contribution in [2.24, 2.45) is 0 Å². The number of hydrogen-bond donors (Lipinski definition) is 0. The van der Waals surface area contributed by atoms with Crippen molar-refractivity contribution in [3.8, 4) is 0 Å². The van der Waals surface area contributed by atoms with Crippen LogP contribution in [0.3, 0.4) is 0 Å². The van der Waals surface area contributed by atoms with Gasteiger partial charge in [-0.3, -0.25) is 9.59 Å². The highest BCUT2D eigenvalue weighted by molar-refractivity contribution is 7.99. The zero-order valence-corrected chi connectivity index (χ0v) is 9.89. The molecule has 0 aliphatic heterocycles. The summed E-state index contributed by atoms with van der Waals surface area (Å²) in [5.41, 5.74) is 0. The summed E-state index contributed by atoms with van der Waals surface area (Å²) in [7, 11) is 1.45. The van der Waals surface area contributed by atoms with Crippen molar-refractivity contribution in [1.82, 2.24) is 5.06 Å². The number of hydroxylamine groups is 2. The lowest BCUT2D eigenvalue weighted by Crippen LogP contribution is -2.29. The van der Waals surface area contributed by atoms with Gasteiger partial charge in [-0.1, -0.05) is 13.8 Å². The minimum Gasteiger partial charge on any atom is -0.339 e. The van der Waals surface area contributed by atoms with E-state index in [0.29, 0.717) is 11.7 Å². The summed E-state index contributed by atoms with van der Waals surface area (Å²) in [6, 6.07) is 0. The van der Waals surface area contributed by atoms with Gasteiger partial charge in [0.05, 0.1) is 0 Å². The molecule has 0 aromatic rings. The van der Waals surface area contributed by atoms with Gasteiger partial charge in [-0.2, -0.15) is 16.8 Å². The molecular formula is C9H17NO3S. The first-order valence-electron chi connectivity index (χ1n) is 4.50. The van der Waals surface area contributed by atoms with Crippen LogP contribution in [0.2, 0.25) is 0 Å². The Morgan fingerprint density at radius 3 is 2.43 bits per heavy atom. The minimum atomic E-state index is -0.475. The molecule has 0 saturated heterocycles. The van der Waals surface area contributed by atoms with Gasteiger partial charge in [-0.15, -0.1) is 0 Å². The molecule has 0 atom stereocenters. The molecule has 0 aliphatic rings. The van der Waals surface area contributed by atoms with E-state index in [1.807, 2.05) is 0 Å². The molecule has 0 rings (SSSR count). The van der Waals surface area contributed by atoms with Gasteiger partial charge in [-0.05, 0) is 5.25 Å². The number of nitrogens with zero attached hydrogens (tertiary/aromatic N) is 1. The lowest BCUT2D eigenvalue weighted by Gasteiger charge is -2.14. The Labute approximate surface area is 88.9 Å². The van der Waals surface area contributed by atoms with Crippen molar-refractivity contribution >= 4 is 23.6 Å². The van der Waals surface area contributed by atoms with Crippen LogP contribution in [-0.2, 0) is 14.4 Å². The molecule has 14 heavy (non-hydrogen) atoms. The topological polar surface area (TPSA) is 46.6 Å². The molecule has 0 fully saturated rings. The third-order valence-corrected chi connectivity index (χ3v) is 2.49. The Bertz CT molecular complexity index is 206. The maximum Gasteiger partial charge on any atom is 0.329 e. The Morgan fingerprint density at radius 1 is 1.43 bits per heavy atom. The van der Waals surface area contributed by atoms with Gasteiger partial charge in [0, 0.05) is 26.1 Å². The molecule has 5 heteroatoms. The molecule has 0 saturated carbocycles. The van der Waals surface area contributed by atoms with Crippen molar-refractivity contribution in [3.63, 3.8) is 0 Å². The van der Waals surface area contributed by atoms with Crippen LogP contribution in [0.25, 0.3) is 0 Å². The first-order chi connectivity index (χ1) is 6.43. The zero-order valence-electron chi connectivity index (χ0n) is 9.07. The number of amides is 1. The van der Waals surface area contributed by atoms with Gasteiger partial charge in [0.2, 0.25) is 0 Å². The van der Waals surface area contributed by atoms with Crippen LogP contribution in [0.5, 0.6) is 0 Å². The van der Waals surface area contributed by atoms with Crippen molar-refractivity contribution in [1.29, 1.82) is 0 Å². The second kappa shape index (κ2) is 6.70. The average molecular weight is 219 g/mol. The monoisotopic (exact) mass is 219 g/mol. The lowest BCUT2D eigenvalue weighted by molar-refractivity contribution is -0.190. The summed E-state index contributed by atoms with van der Waals surface area (Å²) in [5, 5.41) is 1.50. The predicted octanol–water partition coefficient (Wildman–Crippen LogP) is 1.45. The van der Waals surface area contributed by atoms with Crippen LogP contribution in [-0.4, -0.2) is 35.0 Å². The fourth-order valence-electron chi connectivity index (χ4n) is 0.783. The average Bonchev–Trinajstić information content (AvgIpc) is 2.01.